The predicted molar refractivity (Wildman–Crippen MR) is 200 cm³/mol. The van der Waals surface area contributed by atoms with E-state index in [2.05, 4.69) is 10.6 Å². The largest absolute Gasteiger partial charge is 0.507 e. The molecule has 0 radical (unpaired) electrons. The lowest BCUT2D eigenvalue weighted by Gasteiger charge is -2.48. The Hall–Kier alpha value is -5.83. The maximum absolute atomic E-state index is 13.8. The van der Waals surface area contributed by atoms with E-state index >= 15 is 0 Å². The van der Waals surface area contributed by atoms with Crippen LogP contribution in [0.2, 0.25) is 0 Å². The number of phenolic OH excluding ortho intramolecular Hbond substituents is 3. The molecule has 4 aliphatic heterocycles. The van der Waals surface area contributed by atoms with Gasteiger partial charge in [-0.2, -0.15) is 0 Å². The first-order valence-electron chi connectivity index (χ1n) is 18.4. The van der Waals surface area contributed by atoms with E-state index in [4.69, 9.17) is 29.1 Å². The number of aliphatic carboxylic acids is 1. The number of dihydropyridines is 1. The molecule has 328 valence electrons. The number of likely N-dealkylation sites (N-methyl/N-ethyl adjacent to an activating group) is 1. The molecule has 4 aliphatic rings. The van der Waals surface area contributed by atoms with Crippen molar-refractivity contribution >= 4 is 22.9 Å². The number of carbonyl (C=O) groups is 2. The van der Waals surface area contributed by atoms with Crippen LogP contribution in [0.5, 0.6) is 23.0 Å². The number of aliphatic hydroxyl groups excluding tert-OH is 6. The molecule has 23 heteroatoms. The summed E-state index contributed by atoms with van der Waals surface area (Å²) in [5.74, 6) is -13.8. The van der Waals surface area contributed by atoms with Crippen LogP contribution in [0.1, 0.15) is 17.0 Å². The fourth-order valence-corrected chi connectivity index (χ4v) is 7.56. The predicted octanol–water partition coefficient (Wildman–Crippen LogP) is -4.05. The highest BCUT2D eigenvalue weighted by atomic mass is 16.8. The van der Waals surface area contributed by atoms with Gasteiger partial charge in [-0.1, -0.05) is 6.08 Å². The molecule has 2 aromatic carbocycles. The number of carboxylic acids is 1. The molecule has 0 amide bonds. The summed E-state index contributed by atoms with van der Waals surface area (Å²) in [6, 6.07) is 4.52. The van der Waals surface area contributed by atoms with E-state index in [1.54, 1.807) is 12.2 Å². The van der Waals surface area contributed by atoms with Gasteiger partial charge in [0.05, 0.1) is 11.9 Å². The number of hydrogen-bond acceptors (Lipinski definition) is 22. The van der Waals surface area contributed by atoms with Gasteiger partial charge in [0.1, 0.15) is 52.6 Å². The zero-order valence-electron chi connectivity index (χ0n) is 31.5. The number of carboxylic acid groups (broad SMARTS) is 1. The molecule has 1 aromatic heterocycles. The highest BCUT2D eigenvalue weighted by molar-refractivity contribution is 5.89. The fraction of sp³-hybridized carbons (Fsp3) is 0.395. The highest BCUT2D eigenvalue weighted by Crippen LogP contribution is 2.51. The number of rotatable bonds is 8. The summed E-state index contributed by atoms with van der Waals surface area (Å²) < 4.78 is 28.3. The van der Waals surface area contributed by atoms with Crippen LogP contribution in [-0.4, -0.2) is 154 Å². The quantitative estimate of drug-likeness (QED) is 0.0582. The lowest BCUT2D eigenvalue weighted by atomic mass is 9.85. The number of nitrogens with two attached hydrogens (primary N) is 1. The van der Waals surface area contributed by atoms with Crippen molar-refractivity contribution in [3.8, 4) is 34.3 Å². The highest BCUT2D eigenvalue weighted by Gasteiger charge is 2.63. The van der Waals surface area contributed by atoms with Crippen LogP contribution >= 0.6 is 0 Å². The molecule has 3 aromatic rings. The van der Waals surface area contributed by atoms with Gasteiger partial charge < -0.3 is 101 Å². The number of nitrogens with one attached hydrogen (secondary N) is 2. The third kappa shape index (κ3) is 7.19. The summed E-state index contributed by atoms with van der Waals surface area (Å²) >= 11 is 0. The lowest BCUT2D eigenvalue weighted by Crippen LogP contribution is -2.71. The number of hydrogen-bond donors (Lipinski definition) is 15. The molecule has 5 heterocycles. The number of carbonyl (C=O) groups excluding carboxylic acids is 1. The Balaban J connectivity index is 1.37. The maximum atomic E-state index is 13.8. The molecule has 1 unspecified atom stereocenters. The Morgan fingerprint density at radius 1 is 0.984 bits per heavy atom. The third-order valence-corrected chi connectivity index (χ3v) is 10.7. The van der Waals surface area contributed by atoms with Gasteiger partial charge >= 0.3 is 11.9 Å². The van der Waals surface area contributed by atoms with Gasteiger partial charge in [-0.15, -0.1) is 0 Å². The van der Waals surface area contributed by atoms with Crippen molar-refractivity contribution in [3.05, 3.63) is 81.3 Å². The first-order valence-corrected chi connectivity index (χ1v) is 18.4. The topological polar surface area (TPSA) is 394 Å². The minimum atomic E-state index is -3.57. The van der Waals surface area contributed by atoms with E-state index in [1.807, 2.05) is 0 Å². The van der Waals surface area contributed by atoms with Gasteiger partial charge in [0.15, 0.2) is 29.1 Å². The van der Waals surface area contributed by atoms with Crippen LogP contribution in [0.25, 0.3) is 22.3 Å². The summed E-state index contributed by atoms with van der Waals surface area (Å²) in [6.45, 7) is -0.412. The second kappa shape index (κ2) is 15.9. The number of allylic oxidation sites excluding steroid dienone is 3. The first kappa shape index (κ1) is 43.3. The summed E-state index contributed by atoms with van der Waals surface area (Å²) in [7, 11) is 1.31. The van der Waals surface area contributed by atoms with Crippen molar-refractivity contribution in [2.75, 3.05) is 13.7 Å². The average molecular weight is 860 g/mol. The van der Waals surface area contributed by atoms with Gasteiger partial charge in [-0.25, -0.2) is 9.59 Å². The van der Waals surface area contributed by atoms with Crippen molar-refractivity contribution in [2.45, 2.75) is 79.1 Å². The number of aliphatic hydroxyl groups is 8. The van der Waals surface area contributed by atoms with E-state index in [1.165, 1.54) is 25.4 Å². The summed E-state index contributed by atoms with van der Waals surface area (Å²) in [4.78, 5) is 39.3. The maximum Gasteiger partial charge on any atom is 0.340 e. The molecule has 2 saturated heterocycles. The SMILES string of the molecule is CNC1=C[C@@H](C2=CNC(N)C=C2)c2c(cc3oc(-c4cc(O)c(O)c(CCO)c4)cc(=O)c3c2O)O[C@]12O[C@H](C(=O)O[C@H]1O[C@H](C(=O)O)C(O)(O)[C@H](O)[C@H]1O)[C@@H](O)[C@H](O)[C@H]2O. The fourth-order valence-electron chi connectivity index (χ4n) is 7.56. The van der Waals surface area contributed by atoms with Crippen LogP contribution in [0.4, 0.5) is 0 Å². The van der Waals surface area contributed by atoms with Crippen molar-refractivity contribution in [3.63, 3.8) is 0 Å². The number of benzene rings is 2. The Bertz CT molecular complexity index is 2410. The summed E-state index contributed by atoms with van der Waals surface area (Å²) in [5.41, 5.74) is 4.85. The molecule has 0 saturated carbocycles. The minimum absolute atomic E-state index is 0.0592. The van der Waals surface area contributed by atoms with E-state index in [0.717, 1.165) is 18.2 Å². The third-order valence-electron chi connectivity index (χ3n) is 10.7. The van der Waals surface area contributed by atoms with Crippen LogP contribution in [0.15, 0.2) is 69.2 Å². The molecule has 11 atom stereocenters. The van der Waals surface area contributed by atoms with E-state index in [9.17, 15) is 75.7 Å². The van der Waals surface area contributed by atoms with Gasteiger partial charge in [0, 0.05) is 54.6 Å². The van der Waals surface area contributed by atoms with Crippen LogP contribution in [0, 0.1) is 0 Å². The van der Waals surface area contributed by atoms with E-state index in [-0.39, 0.29) is 45.5 Å². The number of phenols is 3. The molecule has 0 aliphatic carbocycles. The number of esters is 1. The van der Waals surface area contributed by atoms with Gasteiger partial charge in [0.2, 0.25) is 18.2 Å². The first-order chi connectivity index (χ1) is 28.7. The minimum Gasteiger partial charge on any atom is -0.507 e. The van der Waals surface area contributed by atoms with Crippen molar-refractivity contribution in [1.29, 1.82) is 0 Å². The van der Waals surface area contributed by atoms with Crippen molar-refractivity contribution < 1.29 is 94.2 Å². The zero-order valence-corrected chi connectivity index (χ0v) is 31.5. The molecular formula is C38H41N3O20. The molecular weight excluding hydrogens is 818 g/mol. The molecule has 7 rings (SSSR count). The molecule has 1 spiro atoms. The smallest absolute Gasteiger partial charge is 0.340 e. The van der Waals surface area contributed by atoms with Gasteiger partial charge in [0.25, 0.3) is 5.79 Å². The summed E-state index contributed by atoms with van der Waals surface area (Å²) in [5, 5.41) is 132. The van der Waals surface area contributed by atoms with Crippen molar-refractivity contribution in [2.24, 2.45) is 5.73 Å². The van der Waals surface area contributed by atoms with Crippen LogP contribution in [-0.2, 0) is 30.2 Å². The molecule has 23 nitrogen and oxygen atoms in total. The second-order valence-corrected chi connectivity index (χ2v) is 14.6. The molecule has 61 heavy (non-hydrogen) atoms. The molecule has 2 fully saturated rings. The van der Waals surface area contributed by atoms with Gasteiger partial charge in [-0.05, 0) is 36.3 Å². The van der Waals surface area contributed by atoms with E-state index < -0.39 is 120 Å². The standard InChI is InChI=1S/C38H41N3O20/c1-40-21-8-15(13-2-3-22(39)41-11-13)23-20(10-19-24(26(23)46)16(43)9-18(57-19)14-6-12(4-5-42)25(45)17(44)7-14)60-38(21)32(51)28(48)27(47)30(61-38)35(54)59-36-29(49)31(50)37(55,56)33(58-36)34(52)53/h2-3,6-11,15,22,27-33,36,40-42,44-51,55-56H,4-5,39H2,1H3,(H,52,53)/t15-,22?,27-,28-,29+,30-,31+,32+,33+,36+,38-/m0/s1. The Kier molecular flexibility index (Phi) is 11.3. The number of fused-ring (bicyclic) bond motifs is 2. The van der Waals surface area contributed by atoms with Crippen molar-refractivity contribution in [1.82, 2.24) is 10.6 Å². The van der Waals surface area contributed by atoms with Crippen LogP contribution < -0.4 is 26.5 Å². The number of ether oxygens (including phenoxy) is 4. The Morgan fingerprint density at radius 3 is 2.34 bits per heavy atom. The second-order valence-electron chi connectivity index (χ2n) is 14.6. The monoisotopic (exact) mass is 859 g/mol. The Labute approximate surface area is 341 Å². The van der Waals surface area contributed by atoms with Gasteiger partial charge in [-0.3, -0.25) is 4.79 Å². The lowest BCUT2D eigenvalue weighted by molar-refractivity contribution is -0.374. The normalized spacial score (nSPS) is 31.8. The number of aromatic hydroxyl groups is 3. The molecule has 0 bridgehead atoms. The summed E-state index contributed by atoms with van der Waals surface area (Å²) in [6.07, 6.45) is -14.7. The molecule has 16 N–H and O–H groups in total. The average Bonchev–Trinajstić information content (AvgIpc) is 3.35. The van der Waals surface area contributed by atoms with Crippen LogP contribution in [0.3, 0.4) is 0 Å². The Morgan fingerprint density at radius 2 is 1.70 bits per heavy atom. The zero-order chi connectivity index (χ0) is 44.5. The van der Waals surface area contributed by atoms with E-state index in [0.29, 0.717) is 5.57 Å².